The summed E-state index contributed by atoms with van der Waals surface area (Å²) in [4.78, 5) is 10.4. The van der Waals surface area contributed by atoms with Gasteiger partial charge >= 0.3 is 5.97 Å². The van der Waals surface area contributed by atoms with Crippen LogP contribution in [0, 0.1) is 0 Å². The van der Waals surface area contributed by atoms with Gasteiger partial charge in [0.05, 0.1) is 5.69 Å². The number of nitrogen functional groups attached to an aromatic ring is 1. The van der Waals surface area contributed by atoms with E-state index in [4.69, 9.17) is 21.7 Å². The standard InChI is InChI=1S/C9H10N2O4/c10-5-1-4(2-6(11)9(14)15)7(12)3-8(5)13/h1-3,12-13H,10-11H2,(H,14,15). The van der Waals surface area contributed by atoms with E-state index >= 15 is 0 Å². The Hall–Kier alpha value is -2.37. The average molecular weight is 210 g/mol. The van der Waals surface area contributed by atoms with Crippen LogP contribution in [-0.2, 0) is 4.79 Å². The van der Waals surface area contributed by atoms with Crippen LogP contribution in [-0.4, -0.2) is 21.3 Å². The molecule has 1 aromatic rings. The van der Waals surface area contributed by atoms with Crippen molar-refractivity contribution in [2.24, 2.45) is 5.73 Å². The summed E-state index contributed by atoms with van der Waals surface area (Å²) in [5.74, 6) is -1.88. The molecule has 0 unspecified atom stereocenters. The van der Waals surface area contributed by atoms with Gasteiger partial charge < -0.3 is 26.8 Å². The Bertz CT molecular complexity index is 440. The molecule has 0 saturated carbocycles. The van der Waals surface area contributed by atoms with E-state index in [0.29, 0.717) is 0 Å². The van der Waals surface area contributed by atoms with Crippen LogP contribution in [0.1, 0.15) is 5.56 Å². The Morgan fingerprint density at radius 1 is 1.27 bits per heavy atom. The number of hydrogen-bond acceptors (Lipinski definition) is 5. The minimum atomic E-state index is -1.30. The van der Waals surface area contributed by atoms with Gasteiger partial charge in [0.2, 0.25) is 0 Å². The molecule has 6 heteroatoms. The number of carboxylic acids is 1. The normalized spacial score (nSPS) is 11.3. The monoisotopic (exact) mass is 210 g/mol. The van der Waals surface area contributed by atoms with Crippen molar-refractivity contribution in [2.45, 2.75) is 0 Å². The topological polar surface area (TPSA) is 130 Å². The number of nitrogens with two attached hydrogens (primary N) is 2. The van der Waals surface area contributed by atoms with Gasteiger partial charge in [-0.3, -0.25) is 0 Å². The lowest BCUT2D eigenvalue weighted by Crippen LogP contribution is -2.09. The zero-order valence-corrected chi connectivity index (χ0v) is 7.64. The van der Waals surface area contributed by atoms with E-state index in [1.165, 1.54) is 6.07 Å². The molecule has 15 heavy (non-hydrogen) atoms. The van der Waals surface area contributed by atoms with E-state index in [2.05, 4.69) is 0 Å². The molecule has 0 aliphatic rings. The van der Waals surface area contributed by atoms with Crippen molar-refractivity contribution in [3.63, 3.8) is 0 Å². The van der Waals surface area contributed by atoms with Crippen molar-refractivity contribution < 1.29 is 20.1 Å². The van der Waals surface area contributed by atoms with Crippen LogP contribution in [0.4, 0.5) is 5.69 Å². The Morgan fingerprint density at radius 3 is 2.40 bits per heavy atom. The Labute approximate surface area is 85.1 Å². The number of hydrogen-bond donors (Lipinski definition) is 5. The molecule has 0 amide bonds. The minimum absolute atomic E-state index is 0.0252. The summed E-state index contributed by atoms with van der Waals surface area (Å²) in [7, 11) is 0. The van der Waals surface area contributed by atoms with Gasteiger partial charge in [0.15, 0.2) is 0 Å². The van der Waals surface area contributed by atoms with E-state index in [9.17, 15) is 9.90 Å². The number of phenols is 2. The quantitative estimate of drug-likeness (QED) is 0.203. The second-order valence-corrected chi connectivity index (χ2v) is 2.87. The summed E-state index contributed by atoms with van der Waals surface area (Å²) in [6, 6.07) is 2.23. The highest BCUT2D eigenvalue weighted by atomic mass is 16.4. The van der Waals surface area contributed by atoms with Crippen LogP contribution in [0.5, 0.6) is 11.5 Å². The number of anilines is 1. The largest absolute Gasteiger partial charge is 0.507 e. The summed E-state index contributed by atoms with van der Waals surface area (Å²) in [6.07, 6.45) is 1.05. The second kappa shape index (κ2) is 3.79. The predicted octanol–water partition coefficient (Wildman–Crippen LogP) is 0.0642. The Balaban J connectivity index is 3.22. The summed E-state index contributed by atoms with van der Waals surface area (Å²) in [6.45, 7) is 0. The van der Waals surface area contributed by atoms with Gasteiger partial charge in [-0.25, -0.2) is 4.79 Å². The van der Waals surface area contributed by atoms with Gasteiger partial charge in [-0.1, -0.05) is 0 Å². The molecule has 0 bridgehead atoms. The highest BCUT2D eigenvalue weighted by Gasteiger charge is 2.07. The summed E-state index contributed by atoms with van der Waals surface area (Å²) in [5, 5.41) is 27.0. The maximum Gasteiger partial charge on any atom is 0.351 e. The molecule has 0 heterocycles. The molecule has 0 spiro atoms. The molecule has 1 aromatic carbocycles. The number of phenolic OH excluding ortho intramolecular Hbond substituents is 2. The fourth-order valence-electron chi connectivity index (χ4n) is 0.956. The fourth-order valence-corrected chi connectivity index (χ4v) is 0.956. The van der Waals surface area contributed by atoms with Gasteiger partial charge in [-0.2, -0.15) is 0 Å². The van der Waals surface area contributed by atoms with E-state index in [1.54, 1.807) is 0 Å². The minimum Gasteiger partial charge on any atom is -0.507 e. The van der Waals surface area contributed by atoms with Crippen LogP contribution >= 0.6 is 0 Å². The third-order valence-electron chi connectivity index (χ3n) is 1.73. The molecule has 0 atom stereocenters. The first-order valence-electron chi connectivity index (χ1n) is 3.93. The first kappa shape index (κ1) is 10.7. The van der Waals surface area contributed by atoms with Crippen molar-refractivity contribution in [3.05, 3.63) is 23.4 Å². The lowest BCUT2D eigenvalue weighted by molar-refractivity contribution is -0.132. The van der Waals surface area contributed by atoms with Gasteiger partial charge in [0.1, 0.15) is 17.2 Å². The van der Waals surface area contributed by atoms with Crippen molar-refractivity contribution in [3.8, 4) is 11.5 Å². The Morgan fingerprint density at radius 2 is 1.87 bits per heavy atom. The summed E-state index contributed by atoms with van der Waals surface area (Å²) in [5.41, 5.74) is 10.2. The molecule has 6 nitrogen and oxygen atoms in total. The van der Waals surface area contributed by atoms with Crippen molar-refractivity contribution in [1.82, 2.24) is 0 Å². The molecule has 80 valence electrons. The molecular weight excluding hydrogens is 200 g/mol. The molecule has 0 radical (unpaired) electrons. The second-order valence-electron chi connectivity index (χ2n) is 2.87. The maximum atomic E-state index is 10.4. The number of aliphatic carboxylic acids is 1. The number of rotatable bonds is 2. The molecule has 1 rings (SSSR count). The van der Waals surface area contributed by atoms with E-state index in [-0.39, 0.29) is 22.7 Å². The first-order chi connectivity index (χ1) is 6.91. The van der Waals surface area contributed by atoms with Crippen molar-refractivity contribution >= 4 is 17.7 Å². The molecule has 0 aliphatic carbocycles. The van der Waals surface area contributed by atoms with Gasteiger partial charge in [0, 0.05) is 11.6 Å². The predicted molar refractivity (Wildman–Crippen MR) is 54.0 cm³/mol. The smallest absolute Gasteiger partial charge is 0.351 e. The van der Waals surface area contributed by atoms with Gasteiger partial charge in [-0.05, 0) is 12.1 Å². The Kier molecular flexibility index (Phi) is 2.70. The van der Waals surface area contributed by atoms with E-state index in [0.717, 1.165) is 12.1 Å². The molecule has 0 fully saturated rings. The number of carbonyl (C=O) groups is 1. The summed E-state index contributed by atoms with van der Waals surface area (Å²) < 4.78 is 0. The van der Waals surface area contributed by atoms with Crippen LogP contribution in [0.2, 0.25) is 0 Å². The van der Waals surface area contributed by atoms with Crippen LogP contribution < -0.4 is 11.5 Å². The number of aromatic hydroxyl groups is 2. The van der Waals surface area contributed by atoms with Crippen LogP contribution in [0.25, 0.3) is 6.08 Å². The zero-order valence-electron chi connectivity index (χ0n) is 7.64. The zero-order chi connectivity index (χ0) is 11.6. The van der Waals surface area contributed by atoms with E-state index in [1.807, 2.05) is 0 Å². The van der Waals surface area contributed by atoms with Gasteiger partial charge in [0.25, 0.3) is 0 Å². The van der Waals surface area contributed by atoms with Crippen molar-refractivity contribution in [1.29, 1.82) is 0 Å². The molecule has 7 N–H and O–H groups in total. The lowest BCUT2D eigenvalue weighted by Gasteiger charge is -2.04. The highest BCUT2D eigenvalue weighted by Crippen LogP contribution is 2.30. The molecule has 0 aliphatic heterocycles. The third kappa shape index (κ3) is 2.31. The molecule has 0 saturated heterocycles. The number of benzene rings is 1. The molecular formula is C9H10N2O4. The SMILES string of the molecule is NC(=Cc1cc(N)c(O)cc1O)C(=O)O. The number of carboxylic acid groups (broad SMARTS) is 1. The highest BCUT2D eigenvalue weighted by molar-refractivity contribution is 5.91. The fraction of sp³-hybridized carbons (Fsp3) is 0. The van der Waals surface area contributed by atoms with E-state index < -0.39 is 11.7 Å². The molecule has 0 aromatic heterocycles. The van der Waals surface area contributed by atoms with Crippen LogP contribution in [0.15, 0.2) is 17.8 Å². The third-order valence-corrected chi connectivity index (χ3v) is 1.73. The maximum absolute atomic E-state index is 10.4. The average Bonchev–Trinajstić information content (AvgIpc) is 2.13. The summed E-state index contributed by atoms with van der Waals surface area (Å²) >= 11 is 0. The van der Waals surface area contributed by atoms with Crippen LogP contribution in [0.3, 0.4) is 0 Å². The first-order valence-corrected chi connectivity index (χ1v) is 3.93. The lowest BCUT2D eigenvalue weighted by atomic mass is 10.1. The van der Waals surface area contributed by atoms with Crippen molar-refractivity contribution in [2.75, 3.05) is 5.73 Å². The van der Waals surface area contributed by atoms with Gasteiger partial charge in [-0.15, -0.1) is 0 Å².